The third-order valence-corrected chi connectivity index (χ3v) is 6.74. The normalized spacial score (nSPS) is 23.0. The van der Waals surface area contributed by atoms with Crippen LogP contribution in [0.1, 0.15) is 24.2 Å². The molecule has 1 saturated carbocycles. The largest absolute Gasteiger partial charge is 0.481 e. The van der Waals surface area contributed by atoms with E-state index in [0.717, 1.165) is 54.0 Å². The molecule has 2 aliphatic rings. The molecule has 30 heavy (non-hydrogen) atoms. The van der Waals surface area contributed by atoms with Crippen molar-refractivity contribution in [2.24, 2.45) is 17.8 Å². The molecule has 1 aliphatic heterocycles. The number of ether oxygens (including phenoxy) is 1. The van der Waals surface area contributed by atoms with E-state index in [4.69, 9.17) is 9.15 Å². The first-order chi connectivity index (χ1) is 14.6. The van der Waals surface area contributed by atoms with Crippen LogP contribution < -0.4 is 15.0 Å². The van der Waals surface area contributed by atoms with E-state index in [2.05, 4.69) is 26.3 Å². The number of aryl methyl sites for hydroxylation is 1. The molecule has 3 atom stereocenters. The summed E-state index contributed by atoms with van der Waals surface area (Å²) >= 11 is 0. The SMILES string of the molecule is COc1cc(N2CC[C@@H]3C[C@@H](C(=O)NCc4oc5ccccc5c4C)[C@@H]3C2)ncn1. The number of amides is 1. The highest BCUT2D eigenvalue weighted by Gasteiger charge is 2.47. The number of rotatable bonds is 5. The Kier molecular flexibility index (Phi) is 4.81. The van der Waals surface area contributed by atoms with Crippen LogP contribution >= 0.6 is 0 Å². The predicted molar refractivity (Wildman–Crippen MR) is 113 cm³/mol. The van der Waals surface area contributed by atoms with Crippen molar-refractivity contribution >= 4 is 22.7 Å². The smallest absolute Gasteiger partial charge is 0.223 e. The molecule has 0 spiro atoms. The van der Waals surface area contributed by atoms with Gasteiger partial charge in [0.25, 0.3) is 0 Å². The summed E-state index contributed by atoms with van der Waals surface area (Å²) in [6.45, 7) is 4.27. The molecule has 3 heterocycles. The lowest BCUT2D eigenvalue weighted by atomic mass is 9.61. The quantitative estimate of drug-likeness (QED) is 0.700. The first-order valence-corrected chi connectivity index (χ1v) is 10.5. The van der Waals surface area contributed by atoms with Crippen molar-refractivity contribution in [2.75, 3.05) is 25.1 Å². The molecule has 5 rings (SSSR count). The van der Waals surface area contributed by atoms with Gasteiger partial charge >= 0.3 is 0 Å². The summed E-state index contributed by atoms with van der Waals surface area (Å²) in [6.07, 6.45) is 3.58. The molecule has 0 radical (unpaired) electrons. The minimum atomic E-state index is 0.0474. The molecule has 1 aromatic carbocycles. The molecule has 7 nitrogen and oxygen atoms in total. The van der Waals surface area contributed by atoms with E-state index < -0.39 is 0 Å². The zero-order valence-corrected chi connectivity index (χ0v) is 17.3. The van der Waals surface area contributed by atoms with Gasteiger partial charge in [0, 0.05) is 36.0 Å². The number of hydrogen-bond acceptors (Lipinski definition) is 6. The fourth-order valence-electron chi connectivity index (χ4n) is 4.90. The molecular formula is C23H26N4O3. The van der Waals surface area contributed by atoms with Gasteiger partial charge in [0.05, 0.1) is 13.7 Å². The van der Waals surface area contributed by atoms with E-state index in [9.17, 15) is 4.79 Å². The average molecular weight is 406 g/mol. The summed E-state index contributed by atoms with van der Waals surface area (Å²) in [7, 11) is 1.61. The van der Waals surface area contributed by atoms with E-state index >= 15 is 0 Å². The first-order valence-electron chi connectivity index (χ1n) is 10.5. The number of methoxy groups -OCH3 is 1. The average Bonchev–Trinajstić information content (AvgIpc) is 3.09. The second-order valence-corrected chi connectivity index (χ2v) is 8.28. The minimum absolute atomic E-state index is 0.0474. The number of furan rings is 1. The van der Waals surface area contributed by atoms with Gasteiger partial charge in [-0.2, -0.15) is 0 Å². The van der Waals surface area contributed by atoms with Crippen LogP contribution in [-0.2, 0) is 11.3 Å². The fourth-order valence-corrected chi connectivity index (χ4v) is 4.90. The van der Waals surface area contributed by atoms with Crippen molar-refractivity contribution in [1.29, 1.82) is 0 Å². The lowest BCUT2D eigenvalue weighted by Crippen LogP contribution is -2.55. The fraction of sp³-hybridized carbons (Fsp3) is 0.435. The summed E-state index contributed by atoms with van der Waals surface area (Å²) in [6, 6.07) is 9.84. The zero-order chi connectivity index (χ0) is 20.7. The maximum absolute atomic E-state index is 12.9. The van der Waals surface area contributed by atoms with Crippen LogP contribution in [0.5, 0.6) is 5.88 Å². The number of aromatic nitrogens is 2. The Labute approximate surface area is 175 Å². The van der Waals surface area contributed by atoms with Crippen LogP contribution in [0.25, 0.3) is 11.0 Å². The van der Waals surface area contributed by atoms with E-state index in [1.165, 1.54) is 6.33 Å². The molecule has 1 saturated heterocycles. The molecule has 2 fully saturated rings. The van der Waals surface area contributed by atoms with Crippen LogP contribution in [0, 0.1) is 24.7 Å². The van der Waals surface area contributed by atoms with Gasteiger partial charge in [0.15, 0.2) is 0 Å². The van der Waals surface area contributed by atoms with Crippen LogP contribution in [0.15, 0.2) is 41.1 Å². The number of anilines is 1. The van der Waals surface area contributed by atoms with Crippen molar-refractivity contribution < 1.29 is 13.9 Å². The monoisotopic (exact) mass is 406 g/mol. The van der Waals surface area contributed by atoms with Gasteiger partial charge in [-0.1, -0.05) is 18.2 Å². The number of carbonyl (C=O) groups excluding carboxylic acids is 1. The Morgan fingerprint density at radius 2 is 2.20 bits per heavy atom. The third kappa shape index (κ3) is 3.28. The van der Waals surface area contributed by atoms with E-state index in [1.54, 1.807) is 7.11 Å². The lowest BCUT2D eigenvalue weighted by molar-refractivity contribution is -0.134. The number of para-hydroxylation sites is 1. The number of benzene rings is 1. The molecule has 1 aliphatic carbocycles. The molecule has 0 bridgehead atoms. The second-order valence-electron chi connectivity index (χ2n) is 8.28. The topological polar surface area (TPSA) is 80.5 Å². The summed E-state index contributed by atoms with van der Waals surface area (Å²) in [5, 5.41) is 4.22. The molecule has 7 heteroatoms. The van der Waals surface area contributed by atoms with Gasteiger partial charge in [0.2, 0.25) is 11.8 Å². The van der Waals surface area contributed by atoms with Crippen LogP contribution in [0.3, 0.4) is 0 Å². The zero-order valence-electron chi connectivity index (χ0n) is 17.3. The van der Waals surface area contributed by atoms with Gasteiger partial charge in [0.1, 0.15) is 23.5 Å². The maximum Gasteiger partial charge on any atom is 0.223 e. The molecule has 3 aromatic rings. The van der Waals surface area contributed by atoms with E-state index in [1.807, 2.05) is 31.2 Å². The molecule has 1 amide bonds. The van der Waals surface area contributed by atoms with Crippen molar-refractivity contribution in [2.45, 2.75) is 26.3 Å². The summed E-state index contributed by atoms with van der Waals surface area (Å²) in [5.41, 5.74) is 1.96. The van der Waals surface area contributed by atoms with E-state index in [0.29, 0.717) is 24.3 Å². The molecule has 156 valence electrons. The summed E-state index contributed by atoms with van der Waals surface area (Å²) in [4.78, 5) is 23.6. The van der Waals surface area contributed by atoms with Crippen LogP contribution in [0.2, 0.25) is 0 Å². The Hall–Kier alpha value is -3.09. The van der Waals surface area contributed by atoms with Gasteiger partial charge in [-0.05, 0) is 37.7 Å². The number of carbonyl (C=O) groups is 1. The molecule has 0 unspecified atom stereocenters. The van der Waals surface area contributed by atoms with Gasteiger partial charge < -0.3 is 19.4 Å². The van der Waals surface area contributed by atoms with Crippen LogP contribution in [0.4, 0.5) is 5.82 Å². The highest BCUT2D eigenvalue weighted by molar-refractivity contribution is 5.83. The van der Waals surface area contributed by atoms with Gasteiger partial charge in [-0.3, -0.25) is 4.79 Å². The van der Waals surface area contributed by atoms with Crippen molar-refractivity contribution in [3.8, 4) is 5.88 Å². The van der Waals surface area contributed by atoms with Crippen molar-refractivity contribution in [1.82, 2.24) is 15.3 Å². The van der Waals surface area contributed by atoms with Crippen molar-refractivity contribution in [3.63, 3.8) is 0 Å². The van der Waals surface area contributed by atoms with Crippen LogP contribution in [-0.4, -0.2) is 36.1 Å². The highest BCUT2D eigenvalue weighted by Crippen LogP contribution is 2.46. The summed E-state index contributed by atoms with van der Waals surface area (Å²) in [5.74, 6) is 3.41. The molecule has 1 N–H and O–H groups in total. The Morgan fingerprint density at radius 3 is 3.03 bits per heavy atom. The second kappa shape index (κ2) is 7.63. The lowest BCUT2D eigenvalue weighted by Gasteiger charge is -2.50. The minimum Gasteiger partial charge on any atom is -0.481 e. The Bertz CT molecular complexity index is 1080. The maximum atomic E-state index is 12.9. The standard InChI is InChI=1S/C23H26N4O3/c1-14-16-5-3-4-6-19(16)30-20(14)11-24-23(28)17-9-15-7-8-27(12-18(15)17)21-10-22(29-2)26-13-25-21/h3-6,10,13,15,17-18H,7-9,11-12H2,1-2H3,(H,24,28)/t15-,17-,18-/m1/s1. The van der Waals surface area contributed by atoms with Gasteiger partial charge in [-0.25, -0.2) is 9.97 Å². The number of nitrogens with one attached hydrogen (secondary N) is 1. The number of piperidine rings is 1. The highest BCUT2D eigenvalue weighted by atomic mass is 16.5. The third-order valence-electron chi connectivity index (χ3n) is 6.74. The van der Waals surface area contributed by atoms with E-state index in [-0.39, 0.29) is 11.8 Å². The number of hydrogen-bond donors (Lipinski definition) is 1. The Morgan fingerprint density at radius 1 is 1.33 bits per heavy atom. The number of nitrogens with zero attached hydrogens (tertiary/aromatic N) is 3. The van der Waals surface area contributed by atoms with Crippen molar-refractivity contribution in [3.05, 3.63) is 48.0 Å². The molecule has 2 aromatic heterocycles. The number of fused-ring (bicyclic) bond motifs is 2. The predicted octanol–water partition coefficient (Wildman–Crippen LogP) is 3.32. The Balaban J connectivity index is 1.23. The first kappa shape index (κ1) is 18.9. The molecular weight excluding hydrogens is 380 g/mol. The van der Waals surface area contributed by atoms with Gasteiger partial charge in [-0.15, -0.1) is 0 Å². The summed E-state index contributed by atoms with van der Waals surface area (Å²) < 4.78 is 11.2.